The van der Waals surface area contributed by atoms with Crippen LogP contribution in [-0.4, -0.2) is 9.97 Å². The van der Waals surface area contributed by atoms with Gasteiger partial charge in [0.2, 0.25) is 0 Å². The molecular formula is C22H18N4S. The molecule has 0 N–H and O–H groups in total. The van der Waals surface area contributed by atoms with Crippen molar-refractivity contribution in [3.8, 4) is 23.3 Å². The van der Waals surface area contributed by atoms with Crippen LogP contribution in [0.25, 0.3) is 11.1 Å². The van der Waals surface area contributed by atoms with Crippen molar-refractivity contribution in [2.45, 2.75) is 31.0 Å². The maximum Gasteiger partial charge on any atom is 0.129 e. The SMILES string of the molecule is CCc1nc(C)c(C#N)c(SCc2ccc(-c3ccccc3C#N)cc2)n1. The number of thioether (sulfide) groups is 1. The van der Waals surface area contributed by atoms with Gasteiger partial charge >= 0.3 is 0 Å². The molecule has 0 bridgehead atoms. The van der Waals surface area contributed by atoms with Gasteiger partial charge in [-0.05, 0) is 29.7 Å². The van der Waals surface area contributed by atoms with E-state index in [1.165, 1.54) is 0 Å². The third kappa shape index (κ3) is 4.16. The van der Waals surface area contributed by atoms with E-state index < -0.39 is 0 Å². The van der Waals surface area contributed by atoms with Crippen LogP contribution in [0, 0.1) is 29.6 Å². The van der Waals surface area contributed by atoms with E-state index in [2.05, 4.69) is 34.2 Å². The van der Waals surface area contributed by atoms with E-state index in [9.17, 15) is 10.5 Å². The zero-order valence-electron chi connectivity index (χ0n) is 15.2. The highest BCUT2D eigenvalue weighted by atomic mass is 32.2. The van der Waals surface area contributed by atoms with E-state index in [1.807, 2.05) is 50.2 Å². The summed E-state index contributed by atoms with van der Waals surface area (Å²) in [5.74, 6) is 1.48. The van der Waals surface area contributed by atoms with Crippen LogP contribution >= 0.6 is 11.8 Å². The molecule has 0 spiro atoms. The summed E-state index contributed by atoms with van der Waals surface area (Å²) in [5, 5.41) is 19.4. The predicted molar refractivity (Wildman–Crippen MR) is 107 cm³/mol. The van der Waals surface area contributed by atoms with Crippen molar-refractivity contribution in [3.05, 3.63) is 76.7 Å². The van der Waals surface area contributed by atoms with Crippen LogP contribution in [0.1, 0.15) is 35.1 Å². The molecule has 0 fully saturated rings. The predicted octanol–water partition coefficient (Wildman–Crippen LogP) is 5.05. The molecule has 5 heteroatoms. The first-order chi connectivity index (χ1) is 13.2. The van der Waals surface area contributed by atoms with Gasteiger partial charge in [-0.25, -0.2) is 9.97 Å². The Hall–Kier alpha value is -3.15. The Balaban J connectivity index is 1.80. The van der Waals surface area contributed by atoms with Crippen molar-refractivity contribution >= 4 is 11.8 Å². The quantitative estimate of drug-likeness (QED) is 0.464. The van der Waals surface area contributed by atoms with E-state index in [4.69, 9.17) is 0 Å². The van der Waals surface area contributed by atoms with Gasteiger partial charge in [-0.15, -0.1) is 11.8 Å². The van der Waals surface area contributed by atoms with Gasteiger partial charge in [-0.2, -0.15) is 10.5 Å². The van der Waals surface area contributed by atoms with E-state index in [0.29, 0.717) is 16.9 Å². The molecule has 1 aromatic heterocycles. The average Bonchev–Trinajstić information content (AvgIpc) is 2.72. The third-order valence-corrected chi connectivity index (χ3v) is 5.27. The van der Waals surface area contributed by atoms with Crippen LogP contribution in [0.15, 0.2) is 53.6 Å². The Kier molecular flexibility index (Phi) is 5.86. The summed E-state index contributed by atoms with van der Waals surface area (Å²) < 4.78 is 0. The number of hydrogen-bond donors (Lipinski definition) is 0. The monoisotopic (exact) mass is 370 g/mol. The van der Waals surface area contributed by atoms with Gasteiger partial charge < -0.3 is 0 Å². The zero-order chi connectivity index (χ0) is 19.2. The van der Waals surface area contributed by atoms with Crippen LogP contribution in [0.2, 0.25) is 0 Å². The summed E-state index contributed by atoms with van der Waals surface area (Å²) >= 11 is 1.55. The van der Waals surface area contributed by atoms with E-state index >= 15 is 0 Å². The van der Waals surface area contributed by atoms with Crippen molar-refractivity contribution < 1.29 is 0 Å². The molecule has 3 aromatic rings. The molecular weight excluding hydrogens is 352 g/mol. The number of rotatable bonds is 5. The number of nitrogens with zero attached hydrogens (tertiary/aromatic N) is 4. The van der Waals surface area contributed by atoms with Crippen LogP contribution in [0.4, 0.5) is 0 Å². The Morgan fingerprint density at radius 3 is 2.37 bits per heavy atom. The average molecular weight is 370 g/mol. The topological polar surface area (TPSA) is 73.4 Å². The molecule has 0 amide bonds. The molecule has 0 unspecified atom stereocenters. The Bertz CT molecular complexity index is 1040. The number of aromatic nitrogens is 2. The lowest BCUT2D eigenvalue weighted by molar-refractivity contribution is 0.860. The molecule has 0 aliphatic carbocycles. The summed E-state index contributed by atoms with van der Waals surface area (Å²) in [5.41, 5.74) is 5.04. The smallest absolute Gasteiger partial charge is 0.129 e. The molecule has 3 rings (SSSR count). The fourth-order valence-electron chi connectivity index (χ4n) is 2.76. The minimum atomic E-state index is 0.553. The van der Waals surface area contributed by atoms with Crippen molar-refractivity contribution in [2.24, 2.45) is 0 Å². The summed E-state index contributed by atoms with van der Waals surface area (Å²) in [6, 6.07) is 20.2. The normalized spacial score (nSPS) is 10.2. The summed E-state index contributed by atoms with van der Waals surface area (Å²) in [7, 11) is 0. The Morgan fingerprint density at radius 1 is 0.963 bits per heavy atom. The second-order valence-electron chi connectivity index (χ2n) is 6.01. The minimum absolute atomic E-state index is 0.553. The molecule has 132 valence electrons. The molecule has 0 saturated carbocycles. The van der Waals surface area contributed by atoms with Crippen LogP contribution in [0.5, 0.6) is 0 Å². The molecule has 0 aliphatic heterocycles. The van der Waals surface area contributed by atoms with Crippen molar-refractivity contribution in [2.75, 3.05) is 0 Å². The van der Waals surface area contributed by atoms with Crippen molar-refractivity contribution in [1.82, 2.24) is 9.97 Å². The Labute approximate surface area is 163 Å². The van der Waals surface area contributed by atoms with Gasteiger partial charge in [0.25, 0.3) is 0 Å². The second-order valence-corrected chi connectivity index (χ2v) is 6.98. The first-order valence-electron chi connectivity index (χ1n) is 8.65. The summed E-state index contributed by atoms with van der Waals surface area (Å²) in [6.07, 6.45) is 0.743. The van der Waals surface area contributed by atoms with Gasteiger partial charge in [-0.1, -0.05) is 49.4 Å². The second kappa shape index (κ2) is 8.49. The molecule has 27 heavy (non-hydrogen) atoms. The number of aryl methyl sites for hydroxylation is 2. The van der Waals surface area contributed by atoms with Crippen molar-refractivity contribution in [1.29, 1.82) is 10.5 Å². The summed E-state index contributed by atoms with van der Waals surface area (Å²) in [4.78, 5) is 8.89. The standard InChI is InChI=1S/C22H18N4S/c1-3-21-25-15(2)20(13-24)22(26-21)27-14-16-8-10-17(11-9-16)19-7-5-4-6-18(19)12-23/h4-11H,3,14H2,1-2H3. The van der Waals surface area contributed by atoms with E-state index in [1.54, 1.807) is 11.8 Å². The van der Waals surface area contributed by atoms with Crippen LogP contribution in [0.3, 0.4) is 0 Å². The molecule has 0 saturated heterocycles. The van der Waals surface area contributed by atoms with Crippen LogP contribution in [-0.2, 0) is 12.2 Å². The molecule has 0 aliphatic rings. The number of hydrogen-bond acceptors (Lipinski definition) is 5. The van der Waals surface area contributed by atoms with E-state index in [-0.39, 0.29) is 0 Å². The lowest BCUT2D eigenvalue weighted by atomic mass is 10.00. The summed E-state index contributed by atoms with van der Waals surface area (Å²) in [6.45, 7) is 3.86. The minimum Gasteiger partial charge on any atom is -0.237 e. The largest absolute Gasteiger partial charge is 0.237 e. The van der Waals surface area contributed by atoms with Crippen LogP contribution < -0.4 is 0 Å². The van der Waals surface area contributed by atoms with Gasteiger partial charge in [0.05, 0.1) is 17.3 Å². The highest BCUT2D eigenvalue weighted by molar-refractivity contribution is 7.98. The highest BCUT2D eigenvalue weighted by Gasteiger charge is 2.12. The third-order valence-electron chi connectivity index (χ3n) is 4.22. The maximum absolute atomic E-state index is 9.40. The van der Waals surface area contributed by atoms with Gasteiger partial charge in [0.1, 0.15) is 22.5 Å². The van der Waals surface area contributed by atoms with Gasteiger partial charge in [0.15, 0.2) is 0 Å². The van der Waals surface area contributed by atoms with Crippen molar-refractivity contribution in [3.63, 3.8) is 0 Å². The Morgan fingerprint density at radius 2 is 1.70 bits per heavy atom. The van der Waals surface area contributed by atoms with Gasteiger partial charge in [-0.3, -0.25) is 0 Å². The molecule has 2 aromatic carbocycles. The fraction of sp³-hybridized carbons (Fsp3) is 0.182. The molecule has 0 radical (unpaired) electrons. The number of benzene rings is 2. The lowest BCUT2D eigenvalue weighted by Gasteiger charge is -2.09. The van der Waals surface area contributed by atoms with E-state index in [0.717, 1.165) is 39.7 Å². The molecule has 1 heterocycles. The zero-order valence-corrected chi connectivity index (χ0v) is 16.0. The molecule has 0 atom stereocenters. The first-order valence-corrected chi connectivity index (χ1v) is 9.63. The molecule has 4 nitrogen and oxygen atoms in total. The highest BCUT2D eigenvalue weighted by Crippen LogP contribution is 2.28. The lowest BCUT2D eigenvalue weighted by Crippen LogP contribution is -2.01. The first kappa shape index (κ1) is 18.6. The fourth-order valence-corrected chi connectivity index (χ4v) is 3.76. The van der Waals surface area contributed by atoms with Gasteiger partial charge in [0, 0.05) is 12.2 Å². The maximum atomic E-state index is 9.40. The number of nitriles is 2.